The molecule has 0 radical (unpaired) electrons. The number of amides is 2. The molecule has 0 bridgehead atoms. The summed E-state index contributed by atoms with van der Waals surface area (Å²) in [7, 11) is 3.36. The van der Waals surface area contributed by atoms with Crippen LogP contribution in [0.3, 0.4) is 0 Å². The Labute approximate surface area is 131 Å². The molecule has 0 saturated heterocycles. The highest BCUT2D eigenvalue weighted by Crippen LogP contribution is 2.28. The molecule has 3 N–H and O–H groups in total. The molecule has 0 spiro atoms. The van der Waals surface area contributed by atoms with E-state index in [1.807, 2.05) is 7.05 Å². The van der Waals surface area contributed by atoms with E-state index in [1.165, 1.54) is 14.0 Å². The molecule has 1 aromatic carbocycles. The smallest absolute Gasteiger partial charge is 0.224 e. The topological polar surface area (TPSA) is 79.5 Å². The summed E-state index contributed by atoms with van der Waals surface area (Å²) in [5.74, 6) is 0.287. The molecule has 0 heterocycles. The third-order valence-electron chi connectivity index (χ3n) is 2.63. The molecule has 21 heavy (non-hydrogen) atoms. The minimum absolute atomic E-state index is 0. The van der Waals surface area contributed by atoms with Crippen molar-refractivity contribution in [2.75, 3.05) is 31.3 Å². The molecule has 118 valence electrons. The van der Waals surface area contributed by atoms with Crippen molar-refractivity contribution in [3.05, 3.63) is 18.2 Å². The third kappa shape index (κ3) is 6.97. The van der Waals surface area contributed by atoms with Crippen LogP contribution in [0.25, 0.3) is 0 Å². The number of methoxy groups -OCH3 is 1. The molecule has 0 fully saturated rings. The first kappa shape index (κ1) is 19.2. The van der Waals surface area contributed by atoms with Crippen LogP contribution in [0.2, 0.25) is 0 Å². The Bertz CT molecular complexity index is 481. The van der Waals surface area contributed by atoms with Crippen LogP contribution in [-0.4, -0.2) is 32.5 Å². The molecule has 0 saturated carbocycles. The number of anilines is 2. The summed E-state index contributed by atoms with van der Waals surface area (Å²) in [5, 5.41) is 8.45. The van der Waals surface area contributed by atoms with Gasteiger partial charge >= 0.3 is 0 Å². The summed E-state index contributed by atoms with van der Waals surface area (Å²) in [4.78, 5) is 22.7. The van der Waals surface area contributed by atoms with Crippen molar-refractivity contribution >= 4 is 35.6 Å². The second kappa shape index (κ2) is 10.0. The fourth-order valence-electron chi connectivity index (χ4n) is 1.71. The van der Waals surface area contributed by atoms with E-state index in [1.54, 1.807) is 18.2 Å². The summed E-state index contributed by atoms with van der Waals surface area (Å²) in [6, 6.07) is 5.11. The lowest BCUT2D eigenvalue weighted by atomic mass is 10.2. The van der Waals surface area contributed by atoms with E-state index in [9.17, 15) is 9.59 Å². The lowest BCUT2D eigenvalue weighted by molar-refractivity contribution is -0.116. The van der Waals surface area contributed by atoms with Crippen LogP contribution >= 0.6 is 12.4 Å². The van der Waals surface area contributed by atoms with Gasteiger partial charge in [-0.05, 0) is 32.1 Å². The van der Waals surface area contributed by atoms with Crippen molar-refractivity contribution in [2.24, 2.45) is 0 Å². The molecular weight excluding hydrogens is 294 g/mol. The first-order valence-corrected chi connectivity index (χ1v) is 6.47. The Kier molecular flexibility index (Phi) is 9.16. The summed E-state index contributed by atoms with van der Waals surface area (Å²) >= 11 is 0. The van der Waals surface area contributed by atoms with Crippen molar-refractivity contribution in [1.29, 1.82) is 0 Å². The van der Waals surface area contributed by atoms with E-state index in [4.69, 9.17) is 4.74 Å². The molecule has 1 rings (SSSR count). The van der Waals surface area contributed by atoms with Crippen LogP contribution in [0.5, 0.6) is 5.75 Å². The number of hydrogen-bond acceptors (Lipinski definition) is 4. The fourth-order valence-corrected chi connectivity index (χ4v) is 1.71. The standard InChI is InChI=1S/C14H21N3O3.ClH/c1-10(18)16-12-7-6-11(9-13(12)20-3)17-14(19)5-4-8-15-2;/h6-7,9,15H,4-5,8H2,1-3H3,(H,16,18)(H,17,19);1H. The van der Waals surface area contributed by atoms with Gasteiger partial charge in [-0.1, -0.05) is 0 Å². The van der Waals surface area contributed by atoms with E-state index in [2.05, 4.69) is 16.0 Å². The highest BCUT2D eigenvalue weighted by molar-refractivity contribution is 5.93. The van der Waals surface area contributed by atoms with Crippen LogP contribution < -0.4 is 20.7 Å². The number of carbonyl (C=O) groups is 2. The van der Waals surface area contributed by atoms with Gasteiger partial charge in [0.2, 0.25) is 11.8 Å². The summed E-state index contributed by atoms with van der Waals surface area (Å²) < 4.78 is 5.19. The minimum Gasteiger partial charge on any atom is -0.494 e. The van der Waals surface area contributed by atoms with Gasteiger partial charge in [0.1, 0.15) is 5.75 Å². The number of carbonyl (C=O) groups excluding carboxylic acids is 2. The SMILES string of the molecule is CNCCCC(=O)Nc1ccc(NC(C)=O)c(OC)c1.Cl. The van der Waals surface area contributed by atoms with Crippen LogP contribution in [0, 0.1) is 0 Å². The molecule has 0 aliphatic carbocycles. The molecule has 7 heteroatoms. The maximum atomic E-state index is 11.7. The zero-order chi connectivity index (χ0) is 15.0. The average Bonchev–Trinajstić information content (AvgIpc) is 2.40. The van der Waals surface area contributed by atoms with Crippen molar-refractivity contribution in [2.45, 2.75) is 19.8 Å². The van der Waals surface area contributed by atoms with E-state index >= 15 is 0 Å². The molecule has 0 aliphatic heterocycles. The van der Waals surface area contributed by atoms with Crippen LogP contribution in [-0.2, 0) is 9.59 Å². The normalized spacial score (nSPS) is 9.48. The Morgan fingerprint density at radius 2 is 1.95 bits per heavy atom. The van der Waals surface area contributed by atoms with Gasteiger partial charge in [-0.2, -0.15) is 0 Å². The van der Waals surface area contributed by atoms with E-state index < -0.39 is 0 Å². The van der Waals surface area contributed by atoms with Crippen molar-refractivity contribution in [3.8, 4) is 5.75 Å². The third-order valence-corrected chi connectivity index (χ3v) is 2.63. The molecule has 2 amide bonds. The largest absolute Gasteiger partial charge is 0.494 e. The molecule has 0 aliphatic rings. The molecule has 0 unspecified atom stereocenters. The Morgan fingerprint density at radius 1 is 1.24 bits per heavy atom. The minimum atomic E-state index is -0.174. The summed E-state index contributed by atoms with van der Waals surface area (Å²) in [6.45, 7) is 2.23. The molecular formula is C14H22ClN3O3. The number of hydrogen-bond donors (Lipinski definition) is 3. The number of rotatable bonds is 7. The predicted octanol–water partition coefficient (Wildman–Crippen LogP) is 2.01. The predicted molar refractivity (Wildman–Crippen MR) is 86.3 cm³/mol. The molecule has 6 nitrogen and oxygen atoms in total. The summed E-state index contributed by atoms with van der Waals surface area (Å²) in [6.07, 6.45) is 1.24. The molecule has 1 aromatic rings. The van der Waals surface area contributed by atoms with Gasteiger partial charge in [-0.15, -0.1) is 12.4 Å². The zero-order valence-corrected chi connectivity index (χ0v) is 13.3. The Morgan fingerprint density at radius 3 is 2.52 bits per heavy atom. The van der Waals surface area contributed by atoms with Gasteiger partial charge in [0.25, 0.3) is 0 Å². The van der Waals surface area contributed by atoms with E-state index in [-0.39, 0.29) is 24.2 Å². The van der Waals surface area contributed by atoms with Crippen molar-refractivity contribution in [1.82, 2.24) is 5.32 Å². The van der Waals surface area contributed by atoms with Gasteiger partial charge in [0.05, 0.1) is 12.8 Å². The highest BCUT2D eigenvalue weighted by Gasteiger charge is 2.08. The van der Waals surface area contributed by atoms with Gasteiger partial charge < -0.3 is 20.7 Å². The Hall–Kier alpha value is -1.79. The first-order valence-electron chi connectivity index (χ1n) is 6.47. The zero-order valence-electron chi connectivity index (χ0n) is 12.5. The van der Waals surface area contributed by atoms with E-state index in [0.717, 1.165) is 13.0 Å². The second-order valence-corrected chi connectivity index (χ2v) is 4.35. The van der Waals surface area contributed by atoms with Gasteiger partial charge in [-0.25, -0.2) is 0 Å². The van der Waals surface area contributed by atoms with Crippen molar-refractivity contribution in [3.63, 3.8) is 0 Å². The van der Waals surface area contributed by atoms with Gasteiger partial charge in [-0.3, -0.25) is 9.59 Å². The maximum Gasteiger partial charge on any atom is 0.224 e. The fraction of sp³-hybridized carbons (Fsp3) is 0.429. The highest BCUT2D eigenvalue weighted by atomic mass is 35.5. The van der Waals surface area contributed by atoms with Crippen LogP contribution in [0.1, 0.15) is 19.8 Å². The number of halogens is 1. The first-order chi connectivity index (χ1) is 9.56. The van der Waals surface area contributed by atoms with Crippen LogP contribution in [0.4, 0.5) is 11.4 Å². The molecule has 0 atom stereocenters. The number of ether oxygens (including phenoxy) is 1. The van der Waals surface area contributed by atoms with Crippen LogP contribution in [0.15, 0.2) is 18.2 Å². The monoisotopic (exact) mass is 315 g/mol. The Balaban J connectivity index is 0.00000400. The number of nitrogens with one attached hydrogen (secondary N) is 3. The van der Waals surface area contributed by atoms with Crippen molar-refractivity contribution < 1.29 is 14.3 Å². The lowest BCUT2D eigenvalue weighted by Crippen LogP contribution is -2.15. The lowest BCUT2D eigenvalue weighted by Gasteiger charge is -2.11. The second-order valence-electron chi connectivity index (χ2n) is 4.35. The molecule has 0 aromatic heterocycles. The van der Waals surface area contributed by atoms with E-state index in [0.29, 0.717) is 23.5 Å². The quantitative estimate of drug-likeness (QED) is 0.673. The average molecular weight is 316 g/mol. The van der Waals surface area contributed by atoms with Gasteiger partial charge in [0.15, 0.2) is 0 Å². The number of benzene rings is 1. The summed E-state index contributed by atoms with van der Waals surface area (Å²) in [5.41, 5.74) is 1.22. The maximum absolute atomic E-state index is 11.7. The van der Waals surface area contributed by atoms with Gasteiger partial charge in [0, 0.05) is 25.1 Å².